The molecule has 0 bridgehead atoms. The molecule has 2 aromatic rings. The molecule has 1 heterocycles. The normalized spacial score (nSPS) is 18.8. The molecule has 0 aliphatic heterocycles. The van der Waals surface area contributed by atoms with Crippen LogP contribution in [0.3, 0.4) is 0 Å². The zero-order valence-electron chi connectivity index (χ0n) is 12.7. The first-order valence-electron chi connectivity index (χ1n) is 8.20. The molecular formula is C18H24FNS. The summed E-state index contributed by atoms with van der Waals surface area (Å²) in [6, 6.07) is 7.83. The predicted molar refractivity (Wildman–Crippen MR) is 89.4 cm³/mol. The summed E-state index contributed by atoms with van der Waals surface area (Å²) in [4.78, 5) is 1.38. The first-order valence-corrected chi connectivity index (χ1v) is 9.02. The lowest BCUT2D eigenvalue weighted by Crippen LogP contribution is -2.27. The van der Waals surface area contributed by atoms with Gasteiger partial charge in [0.1, 0.15) is 5.82 Å². The van der Waals surface area contributed by atoms with E-state index in [9.17, 15) is 4.39 Å². The Morgan fingerprint density at radius 2 is 1.95 bits per heavy atom. The van der Waals surface area contributed by atoms with E-state index in [0.29, 0.717) is 6.04 Å². The molecule has 1 unspecified atom stereocenters. The lowest BCUT2D eigenvalue weighted by Gasteiger charge is -2.26. The van der Waals surface area contributed by atoms with Crippen LogP contribution >= 0.6 is 11.3 Å². The van der Waals surface area contributed by atoms with Gasteiger partial charge in [-0.2, -0.15) is 0 Å². The van der Waals surface area contributed by atoms with Crippen LogP contribution in [0.4, 0.5) is 4.39 Å². The van der Waals surface area contributed by atoms with Crippen LogP contribution < -0.4 is 5.32 Å². The van der Waals surface area contributed by atoms with Gasteiger partial charge in [-0.3, -0.25) is 0 Å². The molecule has 1 nitrogen and oxygen atoms in total. The number of thiophene rings is 1. The monoisotopic (exact) mass is 305 g/mol. The Bertz CT molecular complexity index is 584. The summed E-state index contributed by atoms with van der Waals surface area (Å²) in [7, 11) is 0. The Kier molecular flexibility index (Phi) is 4.91. The fourth-order valence-electron chi connectivity index (χ4n) is 3.54. The first kappa shape index (κ1) is 15.0. The van der Waals surface area contributed by atoms with Gasteiger partial charge in [-0.05, 0) is 48.9 Å². The minimum atomic E-state index is -0.134. The molecular weight excluding hydrogens is 281 g/mol. The molecule has 1 aromatic carbocycles. The van der Waals surface area contributed by atoms with Crippen LogP contribution in [0.1, 0.15) is 56.4 Å². The van der Waals surface area contributed by atoms with Crippen LogP contribution in [-0.2, 0) is 0 Å². The summed E-state index contributed by atoms with van der Waals surface area (Å²) in [5.41, 5.74) is 0. The van der Waals surface area contributed by atoms with Crippen molar-refractivity contribution in [3.05, 3.63) is 35.0 Å². The summed E-state index contributed by atoms with van der Waals surface area (Å²) in [6.07, 6.45) is 8.11. The molecule has 3 heteroatoms. The highest BCUT2D eigenvalue weighted by molar-refractivity contribution is 7.19. The van der Waals surface area contributed by atoms with E-state index in [-0.39, 0.29) is 5.82 Å². The number of halogens is 1. The van der Waals surface area contributed by atoms with E-state index in [1.54, 1.807) is 23.5 Å². The van der Waals surface area contributed by atoms with Crippen molar-refractivity contribution in [2.75, 3.05) is 6.54 Å². The maximum Gasteiger partial charge on any atom is 0.124 e. The van der Waals surface area contributed by atoms with Crippen LogP contribution in [0.2, 0.25) is 0 Å². The Hall–Kier alpha value is -0.930. The maximum atomic E-state index is 13.4. The molecule has 0 saturated heterocycles. The van der Waals surface area contributed by atoms with Crippen LogP contribution in [0.25, 0.3) is 10.1 Å². The molecule has 1 fully saturated rings. The fourth-order valence-corrected chi connectivity index (χ4v) is 4.80. The van der Waals surface area contributed by atoms with Crippen molar-refractivity contribution < 1.29 is 4.39 Å². The summed E-state index contributed by atoms with van der Waals surface area (Å²) in [5, 5.41) is 4.86. The second-order valence-corrected chi connectivity index (χ2v) is 7.23. The van der Waals surface area contributed by atoms with Crippen LogP contribution in [0.15, 0.2) is 24.3 Å². The van der Waals surface area contributed by atoms with Crippen molar-refractivity contribution in [2.45, 2.75) is 51.5 Å². The first-order chi connectivity index (χ1) is 10.3. The van der Waals surface area contributed by atoms with Crippen molar-refractivity contribution in [3.63, 3.8) is 0 Å². The van der Waals surface area contributed by atoms with Gasteiger partial charge in [-0.25, -0.2) is 4.39 Å². The highest BCUT2D eigenvalue weighted by Crippen LogP contribution is 2.38. The Morgan fingerprint density at radius 1 is 1.19 bits per heavy atom. The smallest absolute Gasteiger partial charge is 0.124 e. The molecule has 1 N–H and O–H groups in total. The van der Waals surface area contributed by atoms with Crippen molar-refractivity contribution in [1.82, 2.24) is 5.32 Å². The molecule has 1 aliphatic carbocycles. The van der Waals surface area contributed by atoms with Crippen molar-refractivity contribution in [1.29, 1.82) is 0 Å². The SMILES string of the molecule is CCNC(c1cc2ccc(F)cc2s1)C1CCCCCC1. The molecule has 0 amide bonds. The van der Waals surface area contributed by atoms with E-state index in [2.05, 4.69) is 18.3 Å². The van der Waals surface area contributed by atoms with Crippen LogP contribution in [0, 0.1) is 11.7 Å². The number of benzene rings is 1. The average Bonchev–Trinajstić information content (AvgIpc) is 2.70. The van der Waals surface area contributed by atoms with Crippen molar-refractivity contribution in [2.24, 2.45) is 5.92 Å². The van der Waals surface area contributed by atoms with Gasteiger partial charge in [0.25, 0.3) is 0 Å². The minimum Gasteiger partial charge on any atom is -0.309 e. The lowest BCUT2D eigenvalue weighted by atomic mass is 9.90. The minimum absolute atomic E-state index is 0.134. The Morgan fingerprint density at radius 3 is 2.67 bits per heavy atom. The molecule has 1 atom stereocenters. The maximum absolute atomic E-state index is 13.4. The van der Waals surface area contributed by atoms with Gasteiger partial charge in [-0.15, -0.1) is 11.3 Å². The molecule has 114 valence electrons. The molecule has 1 saturated carbocycles. The topological polar surface area (TPSA) is 12.0 Å². The van der Waals surface area contributed by atoms with E-state index < -0.39 is 0 Å². The highest BCUT2D eigenvalue weighted by Gasteiger charge is 2.25. The zero-order chi connectivity index (χ0) is 14.7. The third-order valence-electron chi connectivity index (χ3n) is 4.60. The van der Waals surface area contributed by atoms with Crippen molar-refractivity contribution >= 4 is 21.4 Å². The predicted octanol–water partition coefficient (Wildman–Crippen LogP) is 5.66. The van der Waals surface area contributed by atoms with E-state index in [1.807, 2.05) is 6.07 Å². The number of rotatable bonds is 4. The van der Waals surface area contributed by atoms with Gasteiger partial charge < -0.3 is 5.32 Å². The van der Waals surface area contributed by atoms with Gasteiger partial charge >= 0.3 is 0 Å². The fraction of sp³-hybridized carbons (Fsp3) is 0.556. The molecule has 0 radical (unpaired) electrons. The molecule has 0 spiro atoms. The third kappa shape index (κ3) is 3.46. The number of fused-ring (bicyclic) bond motifs is 1. The molecule has 1 aliphatic rings. The quantitative estimate of drug-likeness (QED) is 0.718. The summed E-state index contributed by atoms with van der Waals surface area (Å²) >= 11 is 1.76. The third-order valence-corrected chi connectivity index (χ3v) is 5.78. The molecule has 1 aromatic heterocycles. The summed E-state index contributed by atoms with van der Waals surface area (Å²) in [5.74, 6) is 0.593. The highest BCUT2D eigenvalue weighted by atomic mass is 32.1. The van der Waals surface area contributed by atoms with Gasteiger partial charge in [-0.1, -0.05) is 38.7 Å². The van der Waals surface area contributed by atoms with Crippen LogP contribution in [-0.4, -0.2) is 6.54 Å². The molecule has 3 rings (SSSR count). The summed E-state index contributed by atoms with van der Waals surface area (Å²) < 4.78 is 14.5. The second kappa shape index (κ2) is 6.89. The number of hydrogen-bond acceptors (Lipinski definition) is 2. The van der Waals surface area contributed by atoms with E-state index >= 15 is 0 Å². The average molecular weight is 305 g/mol. The van der Waals surface area contributed by atoms with Gasteiger partial charge in [0.2, 0.25) is 0 Å². The standard InChI is InChI=1S/C18H24FNS/c1-2-20-18(13-7-5-3-4-6-8-13)17-11-14-9-10-15(19)12-16(14)21-17/h9-13,18,20H,2-8H2,1H3. The summed E-state index contributed by atoms with van der Waals surface area (Å²) in [6.45, 7) is 3.17. The molecule has 21 heavy (non-hydrogen) atoms. The van der Waals surface area contributed by atoms with Gasteiger partial charge in [0, 0.05) is 15.6 Å². The Labute approximate surface area is 130 Å². The van der Waals surface area contributed by atoms with E-state index in [0.717, 1.165) is 17.2 Å². The number of hydrogen-bond donors (Lipinski definition) is 1. The van der Waals surface area contributed by atoms with Gasteiger partial charge in [0.15, 0.2) is 0 Å². The van der Waals surface area contributed by atoms with Crippen LogP contribution in [0.5, 0.6) is 0 Å². The zero-order valence-corrected chi connectivity index (χ0v) is 13.5. The largest absolute Gasteiger partial charge is 0.309 e. The Balaban J connectivity index is 1.90. The van der Waals surface area contributed by atoms with E-state index in [4.69, 9.17) is 0 Å². The van der Waals surface area contributed by atoms with Gasteiger partial charge in [0.05, 0.1) is 0 Å². The van der Waals surface area contributed by atoms with Crippen molar-refractivity contribution in [3.8, 4) is 0 Å². The second-order valence-electron chi connectivity index (χ2n) is 6.12. The lowest BCUT2D eigenvalue weighted by molar-refractivity contribution is 0.334. The van der Waals surface area contributed by atoms with E-state index in [1.165, 1.54) is 48.8 Å². The number of nitrogens with one attached hydrogen (secondary N) is 1.